The Morgan fingerprint density at radius 3 is 2.13 bits per heavy atom. The van der Waals surface area contributed by atoms with E-state index < -0.39 is 5.97 Å². The summed E-state index contributed by atoms with van der Waals surface area (Å²) < 4.78 is 12.7. The van der Waals surface area contributed by atoms with Gasteiger partial charge >= 0.3 is 11.7 Å². The predicted octanol–water partition coefficient (Wildman–Crippen LogP) is 5.38. The summed E-state index contributed by atoms with van der Waals surface area (Å²) in [5, 5.41) is 10.3. The summed E-state index contributed by atoms with van der Waals surface area (Å²) in [6, 6.07) is 21.6. The quantitative estimate of drug-likeness (QED) is 0.191. The molecule has 10 heteroatoms. The van der Waals surface area contributed by atoms with Crippen LogP contribution in [0.5, 0.6) is 0 Å². The minimum absolute atomic E-state index is 0.175. The Morgan fingerprint density at radius 1 is 0.868 bits per heavy atom. The Labute approximate surface area is 228 Å². The number of esters is 1. The SMILES string of the molecule is COCCOC(=O)c1ccc(Cn2nc3c(-c4ccc(Cl)cc4)c(-c4ccc(Cl)cc4)cnn3c2=O)cc1. The molecule has 2 aromatic heterocycles. The zero-order chi connectivity index (χ0) is 26.6. The van der Waals surface area contributed by atoms with E-state index in [0.29, 0.717) is 27.9 Å². The number of nitrogens with zero attached hydrogens (tertiary/aromatic N) is 4. The van der Waals surface area contributed by atoms with E-state index in [1.807, 2.05) is 24.3 Å². The van der Waals surface area contributed by atoms with Crippen LogP contribution in [0.1, 0.15) is 15.9 Å². The molecule has 0 saturated carbocycles. The van der Waals surface area contributed by atoms with Gasteiger partial charge in [-0.05, 0) is 53.1 Å². The largest absolute Gasteiger partial charge is 0.460 e. The van der Waals surface area contributed by atoms with E-state index in [1.54, 1.807) is 54.7 Å². The Balaban J connectivity index is 1.53. The minimum Gasteiger partial charge on any atom is -0.460 e. The normalized spacial score (nSPS) is 11.1. The first kappa shape index (κ1) is 25.7. The summed E-state index contributed by atoms with van der Waals surface area (Å²) in [5.41, 5.74) is 4.46. The summed E-state index contributed by atoms with van der Waals surface area (Å²) in [7, 11) is 1.54. The number of hydrogen-bond donors (Lipinski definition) is 0. The molecule has 2 heterocycles. The second-order valence-electron chi connectivity index (χ2n) is 8.45. The number of carbonyl (C=O) groups excluding carboxylic acids is 1. The monoisotopic (exact) mass is 548 g/mol. The molecule has 3 aromatic carbocycles. The Kier molecular flexibility index (Phi) is 7.55. The van der Waals surface area contributed by atoms with Crippen LogP contribution in [0.4, 0.5) is 0 Å². The average Bonchev–Trinajstić information content (AvgIpc) is 3.24. The molecule has 0 N–H and O–H groups in total. The van der Waals surface area contributed by atoms with Crippen LogP contribution in [0.3, 0.4) is 0 Å². The van der Waals surface area contributed by atoms with Crippen LogP contribution in [0.25, 0.3) is 27.9 Å². The zero-order valence-corrected chi connectivity index (χ0v) is 21.8. The van der Waals surface area contributed by atoms with Crippen molar-refractivity contribution in [3.8, 4) is 22.3 Å². The van der Waals surface area contributed by atoms with Crippen molar-refractivity contribution < 1.29 is 14.3 Å². The molecule has 38 heavy (non-hydrogen) atoms. The smallest absolute Gasteiger partial charge is 0.367 e. The highest BCUT2D eigenvalue weighted by Gasteiger charge is 2.19. The van der Waals surface area contributed by atoms with Crippen molar-refractivity contribution in [2.24, 2.45) is 0 Å². The van der Waals surface area contributed by atoms with E-state index in [1.165, 1.54) is 16.3 Å². The molecule has 0 aliphatic rings. The molecule has 8 nitrogen and oxygen atoms in total. The third-order valence-electron chi connectivity index (χ3n) is 5.94. The number of fused-ring (bicyclic) bond motifs is 1. The molecular formula is C28H22Cl2N4O4. The average molecular weight is 549 g/mol. The molecule has 192 valence electrons. The van der Waals surface area contributed by atoms with Crippen LogP contribution >= 0.6 is 23.2 Å². The lowest BCUT2D eigenvalue weighted by atomic mass is 9.97. The molecular weight excluding hydrogens is 527 g/mol. The van der Waals surface area contributed by atoms with E-state index in [9.17, 15) is 9.59 Å². The number of methoxy groups -OCH3 is 1. The van der Waals surface area contributed by atoms with E-state index in [-0.39, 0.29) is 18.8 Å². The second-order valence-corrected chi connectivity index (χ2v) is 9.32. The molecule has 0 aliphatic heterocycles. The lowest BCUT2D eigenvalue weighted by Crippen LogP contribution is -2.23. The van der Waals surface area contributed by atoms with Crippen LogP contribution in [0.15, 0.2) is 83.8 Å². The zero-order valence-electron chi connectivity index (χ0n) is 20.3. The van der Waals surface area contributed by atoms with Gasteiger partial charge in [-0.3, -0.25) is 0 Å². The Hall–Kier alpha value is -3.98. The molecule has 0 spiro atoms. The Morgan fingerprint density at radius 2 is 1.50 bits per heavy atom. The van der Waals surface area contributed by atoms with Gasteiger partial charge in [0.05, 0.1) is 24.9 Å². The van der Waals surface area contributed by atoms with Gasteiger partial charge in [-0.25, -0.2) is 14.3 Å². The van der Waals surface area contributed by atoms with Crippen molar-refractivity contribution in [2.45, 2.75) is 6.54 Å². The van der Waals surface area contributed by atoms with Gasteiger partial charge in [0.25, 0.3) is 0 Å². The molecule has 0 aliphatic carbocycles. The van der Waals surface area contributed by atoms with Crippen LogP contribution in [0.2, 0.25) is 10.0 Å². The van der Waals surface area contributed by atoms with Crippen LogP contribution in [-0.2, 0) is 16.0 Å². The molecule has 0 atom stereocenters. The molecule has 0 radical (unpaired) electrons. The van der Waals surface area contributed by atoms with Gasteiger partial charge in [0.1, 0.15) is 6.61 Å². The van der Waals surface area contributed by atoms with Gasteiger partial charge in [0, 0.05) is 28.3 Å². The second kappa shape index (κ2) is 11.2. The highest BCUT2D eigenvalue weighted by Crippen LogP contribution is 2.35. The van der Waals surface area contributed by atoms with Gasteiger partial charge in [0.2, 0.25) is 0 Å². The van der Waals surface area contributed by atoms with Crippen LogP contribution < -0.4 is 5.69 Å². The van der Waals surface area contributed by atoms with E-state index >= 15 is 0 Å². The molecule has 5 rings (SSSR count). The first-order chi connectivity index (χ1) is 18.4. The van der Waals surface area contributed by atoms with Crippen molar-refractivity contribution in [3.05, 3.63) is 111 Å². The van der Waals surface area contributed by atoms with Crippen LogP contribution in [0, 0.1) is 0 Å². The number of ether oxygens (including phenoxy) is 2. The van der Waals surface area contributed by atoms with Crippen molar-refractivity contribution in [3.63, 3.8) is 0 Å². The first-order valence-electron chi connectivity index (χ1n) is 11.7. The highest BCUT2D eigenvalue weighted by molar-refractivity contribution is 6.31. The van der Waals surface area contributed by atoms with Gasteiger partial charge in [0.15, 0.2) is 5.65 Å². The van der Waals surface area contributed by atoms with E-state index in [2.05, 4.69) is 10.2 Å². The standard InChI is InChI=1S/C28H22Cl2N4O4/c1-37-14-15-38-27(35)21-4-2-18(3-5-21)17-33-28(36)34-26(32-33)25(20-8-12-23(30)13-9-20)24(16-31-34)19-6-10-22(29)11-7-19/h2-13,16H,14-15,17H2,1H3. The fourth-order valence-electron chi connectivity index (χ4n) is 4.03. The highest BCUT2D eigenvalue weighted by atomic mass is 35.5. The number of halogens is 2. The third kappa shape index (κ3) is 5.33. The summed E-state index contributed by atoms with van der Waals surface area (Å²) in [4.78, 5) is 25.4. The molecule has 0 amide bonds. The topological polar surface area (TPSA) is 87.7 Å². The van der Waals surface area contributed by atoms with Gasteiger partial charge in [-0.15, -0.1) is 5.10 Å². The lowest BCUT2D eigenvalue weighted by molar-refractivity contribution is 0.0388. The maximum Gasteiger partial charge on any atom is 0.367 e. The molecule has 0 bridgehead atoms. The van der Waals surface area contributed by atoms with Gasteiger partial charge in [-0.1, -0.05) is 59.6 Å². The van der Waals surface area contributed by atoms with Crippen molar-refractivity contribution in [2.75, 3.05) is 20.3 Å². The van der Waals surface area contributed by atoms with E-state index in [0.717, 1.165) is 27.8 Å². The number of carbonyl (C=O) groups is 1. The number of rotatable bonds is 8. The van der Waals surface area contributed by atoms with Crippen molar-refractivity contribution in [1.82, 2.24) is 19.4 Å². The Bertz CT molecular complexity index is 1640. The fraction of sp³-hybridized carbons (Fsp3) is 0.143. The van der Waals surface area contributed by atoms with Crippen LogP contribution in [-0.4, -0.2) is 45.7 Å². The summed E-state index contributed by atoms with van der Waals surface area (Å²) in [6.07, 6.45) is 1.65. The maximum atomic E-state index is 13.3. The summed E-state index contributed by atoms with van der Waals surface area (Å²) >= 11 is 12.2. The fourth-order valence-corrected chi connectivity index (χ4v) is 4.28. The maximum absolute atomic E-state index is 13.3. The summed E-state index contributed by atoms with van der Waals surface area (Å²) in [5.74, 6) is -0.440. The van der Waals surface area contributed by atoms with Crippen molar-refractivity contribution >= 4 is 34.8 Å². The van der Waals surface area contributed by atoms with Crippen molar-refractivity contribution in [1.29, 1.82) is 0 Å². The van der Waals surface area contributed by atoms with Gasteiger partial charge < -0.3 is 9.47 Å². The molecule has 0 unspecified atom stereocenters. The minimum atomic E-state index is -0.440. The summed E-state index contributed by atoms with van der Waals surface area (Å²) in [6.45, 7) is 0.693. The number of benzene rings is 3. The van der Waals surface area contributed by atoms with Gasteiger partial charge in [-0.2, -0.15) is 9.61 Å². The van der Waals surface area contributed by atoms with E-state index in [4.69, 9.17) is 32.7 Å². The molecule has 5 aromatic rings. The number of aromatic nitrogens is 4. The molecule has 0 saturated heterocycles. The number of hydrogen-bond acceptors (Lipinski definition) is 6. The third-order valence-corrected chi connectivity index (χ3v) is 6.45. The molecule has 0 fully saturated rings. The first-order valence-corrected chi connectivity index (χ1v) is 12.5. The predicted molar refractivity (Wildman–Crippen MR) is 146 cm³/mol. The lowest BCUT2D eigenvalue weighted by Gasteiger charge is -2.11.